The second kappa shape index (κ2) is 4.98. The van der Waals surface area contributed by atoms with Crippen LogP contribution in [0.15, 0.2) is 0 Å². The smallest absolute Gasteiger partial charge is 0.237 e. The molecule has 7 heteroatoms. The topological polar surface area (TPSA) is 63.7 Å². The summed E-state index contributed by atoms with van der Waals surface area (Å²) in [5.74, 6) is -0.119. The SMILES string of the molecule is COCC1(CN2CC(S(=O)(=O)Cl)CC2=O)CCC1. The first-order chi connectivity index (χ1) is 8.36. The van der Waals surface area contributed by atoms with Gasteiger partial charge in [0.15, 0.2) is 0 Å². The molecule has 1 atom stereocenters. The Morgan fingerprint density at radius 3 is 2.56 bits per heavy atom. The van der Waals surface area contributed by atoms with E-state index in [9.17, 15) is 13.2 Å². The molecule has 1 aliphatic carbocycles. The summed E-state index contributed by atoms with van der Waals surface area (Å²) in [6, 6.07) is 0. The maximum Gasteiger partial charge on any atom is 0.237 e. The first-order valence-electron chi connectivity index (χ1n) is 6.06. The maximum absolute atomic E-state index is 11.8. The van der Waals surface area contributed by atoms with E-state index in [4.69, 9.17) is 15.4 Å². The molecule has 0 spiro atoms. The van der Waals surface area contributed by atoms with Gasteiger partial charge in [-0.15, -0.1) is 0 Å². The van der Waals surface area contributed by atoms with Crippen molar-refractivity contribution in [3.63, 3.8) is 0 Å². The molecule has 0 aromatic carbocycles. The molecule has 1 heterocycles. The van der Waals surface area contributed by atoms with E-state index in [1.807, 2.05) is 0 Å². The second-order valence-electron chi connectivity index (χ2n) is 5.36. The van der Waals surface area contributed by atoms with Crippen LogP contribution in [0.3, 0.4) is 0 Å². The monoisotopic (exact) mass is 295 g/mol. The minimum Gasteiger partial charge on any atom is -0.384 e. The Morgan fingerprint density at radius 2 is 2.17 bits per heavy atom. The number of methoxy groups -OCH3 is 1. The molecule has 18 heavy (non-hydrogen) atoms. The molecule has 2 aliphatic rings. The third kappa shape index (κ3) is 2.81. The van der Waals surface area contributed by atoms with Crippen molar-refractivity contribution in [1.82, 2.24) is 4.90 Å². The molecular formula is C11H18ClNO4S. The van der Waals surface area contributed by atoms with E-state index < -0.39 is 14.3 Å². The number of nitrogens with zero attached hydrogens (tertiary/aromatic N) is 1. The largest absolute Gasteiger partial charge is 0.384 e. The van der Waals surface area contributed by atoms with Gasteiger partial charge in [-0.2, -0.15) is 0 Å². The van der Waals surface area contributed by atoms with Crippen LogP contribution in [0.1, 0.15) is 25.7 Å². The standard InChI is InChI=1S/C11H18ClNO4S/c1-17-8-11(3-2-4-11)7-13-6-9(5-10(13)14)18(12,15)16/h9H,2-8H2,1H3. The quantitative estimate of drug-likeness (QED) is 0.709. The number of ether oxygens (including phenoxy) is 1. The first-order valence-corrected chi connectivity index (χ1v) is 8.44. The number of halogens is 1. The van der Waals surface area contributed by atoms with E-state index in [0.29, 0.717) is 13.2 Å². The number of likely N-dealkylation sites (tertiary alicyclic amines) is 1. The van der Waals surface area contributed by atoms with Crippen LogP contribution in [0.2, 0.25) is 0 Å². The van der Waals surface area contributed by atoms with Gasteiger partial charge >= 0.3 is 0 Å². The Bertz CT molecular complexity index is 432. The third-order valence-electron chi connectivity index (χ3n) is 3.97. The van der Waals surface area contributed by atoms with Crippen molar-refractivity contribution >= 4 is 25.6 Å². The van der Waals surface area contributed by atoms with Gasteiger partial charge in [0, 0.05) is 42.7 Å². The van der Waals surface area contributed by atoms with Crippen molar-refractivity contribution in [3.05, 3.63) is 0 Å². The van der Waals surface area contributed by atoms with Crippen LogP contribution in [-0.2, 0) is 18.6 Å². The Balaban J connectivity index is 2.00. The van der Waals surface area contributed by atoms with Crippen LogP contribution in [-0.4, -0.2) is 51.3 Å². The molecule has 1 amide bonds. The average Bonchev–Trinajstić information content (AvgIpc) is 2.57. The highest BCUT2D eigenvalue weighted by Gasteiger charge is 2.44. The minimum atomic E-state index is -3.65. The van der Waals surface area contributed by atoms with E-state index in [1.165, 1.54) is 0 Å². The van der Waals surface area contributed by atoms with Crippen molar-refractivity contribution in [1.29, 1.82) is 0 Å². The van der Waals surface area contributed by atoms with Crippen LogP contribution in [0, 0.1) is 5.41 Å². The molecule has 104 valence electrons. The van der Waals surface area contributed by atoms with Gasteiger partial charge in [0.2, 0.25) is 15.0 Å². The maximum atomic E-state index is 11.8. The van der Waals surface area contributed by atoms with Crippen molar-refractivity contribution in [3.8, 4) is 0 Å². The van der Waals surface area contributed by atoms with Crippen molar-refractivity contribution in [2.45, 2.75) is 30.9 Å². The molecule has 5 nitrogen and oxygen atoms in total. The average molecular weight is 296 g/mol. The van der Waals surface area contributed by atoms with Crippen LogP contribution in [0.25, 0.3) is 0 Å². The van der Waals surface area contributed by atoms with Gasteiger partial charge < -0.3 is 9.64 Å². The lowest BCUT2D eigenvalue weighted by atomic mass is 9.69. The van der Waals surface area contributed by atoms with E-state index in [0.717, 1.165) is 19.3 Å². The van der Waals surface area contributed by atoms with Crippen molar-refractivity contribution in [2.24, 2.45) is 5.41 Å². The number of carbonyl (C=O) groups is 1. The summed E-state index contributed by atoms with van der Waals surface area (Å²) in [4.78, 5) is 13.4. The normalized spacial score (nSPS) is 27.3. The van der Waals surface area contributed by atoms with Gasteiger partial charge in [-0.25, -0.2) is 8.42 Å². The highest BCUT2D eigenvalue weighted by atomic mass is 35.7. The Hall–Kier alpha value is -0.330. The van der Waals surface area contributed by atoms with Crippen LogP contribution in [0.4, 0.5) is 0 Å². The molecule has 1 saturated carbocycles. The zero-order valence-electron chi connectivity index (χ0n) is 10.4. The molecule has 2 rings (SSSR count). The molecule has 1 saturated heterocycles. The van der Waals surface area contributed by atoms with E-state index in [1.54, 1.807) is 12.0 Å². The first kappa shape index (κ1) is 14.1. The molecule has 0 bridgehead atoms. The van der Waals surface area contributed by atoms with Gasteiger partial charge in [0.25, 0.3) is 0 Å². The Labute approximate surface area is 112 Å². The summed E-state index contributed by atoms with van der Waals surface area (Å²) in [5.41, 5.74) is 0.0232. The number of rotatable bonds is 5. The Kier molecular flexibility index (Phi) is 3.90. The predicted molar refractivity (Wildman–Crippen MR) is 67.9 cm³/mol. The van der Waals surface area contributed by atoms with E-state index >= 15 is 0 Å². The summed E-state index contributed by atoms with van der Waals surface area (Å²) < 4.78 is 27.7. The number of carbonyl (C=O) groups excluding carboxylic acids is 1. The summed E-state index contributed by atoms with van der Waals surface area (Å²) in [5, 5.41) is -0.758. The molecule has 1 unspecified atom stereocenters. The molecule has 1 aliphatic heterocycles. The fraction of sp³-hybridized carbons (Fsp3) is 0.909. The summed E-state index contributed by atoms with van der Waals surface area (Å²) in [6.45, 7) is 1.42. The highest BCUT2D eigenvalue weighted by Crippen LogP contribution is 2.42. The predicted octanol–water partition coefficient (Wildman–Crippen LogP) is 0.973. The van der Waals surface area contributed by atoms with Gasteiger partial charge in [-0.3, -0.25) is 4.79 Å². The lowest BCUT2D eigenvalue weighted by molar-refractivity contribution is -0.131. The van der Waals surface area contributed by atoms with Crippen molar-refractivity contribution in [2.75, 3.05) is 26.8 Å². The van der Waals surface area contributed by atoms with E-state index in [2.05, 4.69) is 0 Å². The molecule has 0 radical (unpaired) electrons. The molecule has 0 N–H and O–H groups in total. The van der Waals surface area contributed by atoms with Gasteiger partial charge in [0.05, 0.1) is 6.61 Å². The lowest BCUT2D eigenvalue weighted by Gasteiger charge is -2.43. The fourth-order valence-electron chi connectivity index (χ4n) is 2.81. The minimum absolute atomic E-state index is 0.00882. The molecular weight excluding hydrogens is 278 g/mol. The molecule has 0 aromatic heterocycles. The molecule has 0 aromatic rings. The second-order valence-corrected chi connectivity index (χ2v) is 8.27. The highest BCUT2D eigenvalue weighted by molar-refractivity contribution is 8.14. The van der Waals surface area contributed by atoms with Crippen LogP contribution >= 0.6 is 10.7 Å². The van der Waals surface area contributed by atoms with Crippen LogP contribution < -0.4 is 0 Å². The lowest BCUT2D eigenvalue weighted by Crippen LogP contribution is -2.46. The molecule has 2 fully saturated rings. The van der Waals surface area contributed by atoms with Gasteiger partial charge in [0.1, 0.15) is 5.25 Å². The number of hydrogen-bond donors (Lipinski definition) is 0. The summed E-state index contributed by atoms with van der Waals surface area (Å²) in [6.07, 6.45) is 3.21. The van der Waals surface area contributed by atoms with Gasteiger partial charge in [-0.05, 0) is 12.8 Å². The van der Waals surface area contributed by atoms with E-state index in [-0.39, 0.29) is 24.3 Å². The summed E-state index contributed by atoms with van der Waals surface area (Å²) in [7, 11) is 3.32. The van der Waals surface area contributed by atoms with Crippen LogP contribution in [0.5, 0.6) is 0 Å². The Morgan fingerprint density at radius 1 is 1.50 bits per heavy atom. The van der Waals surface area contributed by atoms with Crippen molar-refractivity contribution < 1.29 is 17.9 Å². The third-order valence-corrected chi connectivity index (χ3v) is 5.84. The zero-order valence-corrected chi connectivity index (χ0v) is 12.0. The number of hydrogen-bond acceptors (Lipinski definition) is 4. The number of amides is 1. The van der Waals surface area contributed by atoms with Gasteiger partial charge in [-0.1, -0.05) is 6.42 Å². The fourth-order valence-corrected chi connectivity index (χ4v) is 3.87. The summed E-state index contributed by atoms with van der Waals surface area (Å²) >= 11 is 0. The zero-order chi connectivity index (χ0) is 13.4.